The lowest BCUT2D eigenvalue weighted by molar-refractivity contribution is -0.126. The number of nitrogens with zero attached hydrogens (tertiary/aromatic N) is 2. The van der Waals surface area contributed by atoms with Crippen molar-refractivity contribution in [3.8, 4) is 6.07 Å². The third kappa shape index (κ3) is 2.63. The summed E-state index contributed by atoms with van der Waals surface area (Å²) in [5.41, 5.74) is 1.17. The van der Waals surface area contributed by atoms with Gasteiger partial charge in [-0.15, -0.1) is 0 Å². The van der Waals surface area contributed by atoms with Crippen molar-refractivity contribution in [1.82, 2.24) is 0 Å². The molecule has 19 heavy (non-hydrogen) atoms. The minimum absolute atomic E-state index is 0.0553. The minimum atomic E-state index is -0.809. The first-order chi connectivity index (χ1) is 9.09. The second kappa shape index (κ2) is 5.44. The van der Waals surface area contributed by atoms with Crippen molar-refractivity contribution in [2.24, 2.45) is 5.41 Å². The van der Waals surface area contributed by atoms with Crippen LogP contribution in [-0.2, 0) is 4.79 Å². The summed E-state index contributed by atoms with van der Waals surface area (Å²) in [7, 11) is 1.77. The number of anilines is 1. The fraction of sp³-hybridized carbons (Fsp3) is 0.500. The van der Waals surface area contributed by atoms with E-state index in [1.54, 1.807) is 11.9 Å². The zero-order valence-corrected chi connectivity index (χ0v) is 11.6. The molecule has 1 aromatic carbocycles. The lowest BCUT2D eigenvalue weighted by Crippen LogP contribution is -2.42. The van der Waals surface area contributed by atoms with Crippen LogP contribution in [0.5, 0.6) is 0 Å². The van der Waals surface area contributed by atoms with Crippen LogP contribution in [0.2, 0.25) is 0 Å². The molecule has 1 aromatic rings. The van der Waals surface area contributed by atoms with E-state index in [0.29, 0.717) is 12.8 Å². The van der Waals surface area contributed by atoms with Crippen LogP contribution >= 0.6 is 0 Å². The van der Waals surface area contributed by atoms with Gasteiger partial charge in [-0.05, 0) is 37.5 Å². The number of hydrogen-bond donors (Lipinski definition) is 0. The zero-order chi connectivity index (χ0) is 13.9. The number of aryl methyl sites for hydroxylation is 1. The Balaban J connectivity index is 2.25. The molecule has 100 valence electrons. The van der Waals surface area contributed by atoms with E-state index in [9.17, 15) is 10.1 Å². The minimum Gasteiger partial charge on any atom is -0.314 e. The summed E-state index contributed by atoms with van der Waals surface area (Å²) in [5.74, 6) is -0.0553. The number of rotatable bonds is 2. The summed E-state index contributed by atoms with van der Waals surface area (Å²) < 4.78 is 0. The maximum absolute atomic E-state index is 12.7. The Morgan fingerprint density at radius 2 is 2.00 bits per heavy atom. The van der Waals surface area contributed by atoms with Gasteiger partial charge in [0.15, 0.2) is 0 Å². The smallest absolute Gasteiger partial charge is 0.247 e. The fourth-order valence-electron chi connectivity index (χ4n) is 2.80. The maximum atomic E-state index is 12.7. The van der Waals surface area contributed by atoms with Gasteiger partial charge < -0.3 is 4.90 Å². The number of carbonyl (C=O) groups excluding carboxylic acids is 1. The SMILES string of the molecule is Cc1cccc(N(C)C(=O)C2(C#N)CCCCC2)c1. The zero-order valence-electron chi connectivity index (χ0n) is 11.6. The van der Waals surface area contributed by atoms with E-state index in [2.05, 4.69) is 6.07 Å². The van der Waals surface area contributed by atoms with E-state index >= 15 is 0 Å². The fourth-order valence-corrected chi connectivity index (χ4v) is 2.80. The van der Waals surface area contributed by atoms with Crippen LogP contribution in [0.3, 0.4) is 0 Å². The molecule has 1 aliphatic rings. The molecule has 0 saturated heterocycles. The predicted molar refractivity (Wildman–Crippen MR) is 75.7 cm³/mol. The summed E-state index contributed by atoms with van der Waals surface area (Å²) in [4.78, 5) is 14.3. The molecule has 1 saturated carbocycles. The summed E-state index contributed by atoms with van der Waals surface area (Å²) in [6.45, 7) is 2.00. The van der Waals surface area contributed by atoms with Crippen LogP contribution < -0.4 is 4.90 Å². The van der Waals surface area contributed by atoms with Crippen molar-refractivity contribution in [2.75, 3.05) is 11.9 Å². The van der Waals surface area contributed by atoms with Gasteiger partial charge in [0, 0.05) is 12.7 Å². The Kier molecular flexibility index (Phi) is 3.90. The van der Waals surface area contributed by atoms with Crippen LogP contribution in [0, 0.1) is 23.7 Å². The van der Waals surface area contributed by atoms with Gasteiger partial charge in [-0.1, -0.05) is 31.4 Å². The third-order valence-corrected chi connectivity index (χ3v) is 4.02. The van der Waals surface area contributed by atoms with Gasteiger partial charge in [0.25, 0.3) is 0 Å². The van der Waals surface area contributed by atoms with Crippen molar-refractivity contribution in [2.45, 2.75) is 39.0 Å². The van der Waals surface area contributed by atoms with Crippen LogP contribution in [-0.4, -0.2) is 13.0 Å². The summed E-state index contributed by atoms with van der Waals surface area (Å²) in [5, 5.41) is 9.46. The van der Waals surface area contributed by atoms with Crippen LogP contribution in [0.1, 0.15) is 37.7 Å². The van der Waals surface area contributed by atoms with Gasteiger partial charge in [0.05, 0.1) is 6.07 Å². The lowest BCUT2D eigenvalue weighted by Gasteiger charge is -2.33. The summed E-state index contributed by atoms with van der Waals surface area (Å²) in [6.07, 6.45) is 4.46. The normalized spacial score (nSPS) is 17.5. The number of amides is 1. The monoisotopic (exact) mass is 256 g/mol. The van der Waals surface area contributed by atoms with E-state index in [4.69, 9.17) is 0 Å². The largest absolute Gasteiger partial charge is 0.314 e. The number of carbonyl (C=O) groups is 1. The van der Waals surface area contributed by atoms with Gasteiger partial charge in [-0.25, -0.2) is 0 Å². The highest BCUT2D eigenvalue weighted by atomic mass is 16.2. The van der Waals surface area contributed by atoms with Gasteiger partial charge in [0.1, 0.15) is 5.41 Å². The summed E-state index contributed by atoms with van der Waals surface area (Å²) in [6, 6.07) is 10.1. The Hall–Kier alpha value is -1.82. The molecule has 3 nitrogen and oxygen atoms in total. The first-order valence-corrected chi connectivity index (χ1v) is 6.85. The highest BCUT2D eigenvalue weighted by Crippen LogP contribution is 2.38. The van der Waals surface area contributed by atoms with Crippen molar-refractivity contribution < 1.29 is 4.79 Å². The van der Waals surface area contributed by atoms with Crippen molar-refractivity contribution in [3.63, 3.8) is 0 Å². The lowest BCUT2D eigenvalue weighted by atomic mass is 9.74. The molecule has 1 fully saturated rings. The highest BCUT2D eigenvalue weighted by molar-refractivity contribution is 5.99. The highest BCUT2D eigenvalue weighted by Gasteiger charge is 2.41. The quantitative estimate of drug-likeness (QED) is 0.813. The predicted octanol–water partition coefficient (Wildman–Crippen LogP) is 3.43. The first kappa shape index (κ1) is 13.6. The molecule has 0 heterocycles. The van der Waals surface area contributed by atoms with E-state index in [-0.39, 0.29) is 5.91 Å². The van der Waals surface area contributed by atoms with Crippen molar-refractivity contribution >= 4 is 11.6 Å². The second-order valence-electron chi connectivity index (χ2n) is 5.46. The molecule has 0 spiro atoms. The van der Waals surface area contributed by atoms with Crippen molar-refractivity contribution in [3.05, 3.63) is 29.8 Å². The van der Waals surface area contributed by atoms with E-state index in [0.717, 1.165) is 30.5 Å². The molecule has 1 aliphatic carbocycles. The van der Waals surface area contributed by atoms with Crippen molar-refractivity contribution in [1.29, 1.82) is 5.26 Å². The van der Waals surface area contributed by atoms with Gasteiger partial charge in [0.2, 0.25) is 5.91 Å². The van der Waals surface area contributed by atoms with E-state index < -0.39 is 5.41 Å². The van der Waals surface area contributed by atoms with Gasteiger partial charge >= 0.3 is 0 Å². The Labute approximate surface area is 114 Å². The topological polar surface area (TPSA) is 44.1 Å². The molecule has 0 aromatic heterocycles. The molecule has 0 radical (unpaired) electrons. The first-order valence-electron chi connectivity index (χ1n) is 6.85. The molecule has 0 atom stereocenters. The number of hydrogen-bond acceptors (Lipinski definition) is 2. The van der Waals surface area contributed by atoms with Crippen LogP contribution in [0.15, 0.2) is 24.3 Å². The maximum Gasteiger partial charge on any atom is 0.247 e. The molecule has 0 unspecified atom stereocenters. The molecule has 0 N–H and O–H groups in total. The standard InChI is InChI=1S/C16H20N2O/c1-13-7-6-8-14(11-13)18(2)15(19)16(12-17)9-4-3-5-10-16/h6-8,11H,3-5,9-10H2,1-2H3. The van der Waals surface area contributed by atoms with E-state index in [1.165, 1.54) is 0 Å². The molecular weight excluding hydrogens is 236 g/mol. The molecule has 0 bridgehead atoms. The Bertz CT molecular complexity index is 510. The van der Waals surface area contributed by atoms with E-state index in [1.807, 2.05) is 31.2 Å². The van der Waals surface area contributed by atoms with Crippen LogP contribution in [0.4, 0.5) is 5.69 Å². The second-order valence-corrected chi connectivity index (χ2v) is 5.46. The third-order valence-electron chi connectivity index (χ3n) is 4.02. The average molecular weight is 256 g/mol. The average Bonchev–Trinajstić information content (AvgIpc) is 2.46. The number of benzene rings is 1. The molecule has 3 heteroatoms. The molecule has 0 aliphatic heterocycles. The molecule has 2 rings (SSSR count). The summed E-state index contributed by atoms with van der Waals surface area (Å²) >= 11 is 0. The number of nitriles is 1. The molecular formula is C16H20N2O. The molecule has 1 amide bonds. The Morgan fingerprint density at radius 3 is 2.58 bits per heavy atom. The van der Waals surface area contributed by atoms with Crippen LogP contribution in [0.25, 0.3) is 0 Å². The Morgan fingerprint density at radius 1 is 1.32 bits per heavy atom. The van der Waals surface area contributed by atoms with Gasteiger partial charge in [-0.3, -0.25) is 4.79 Å². The van der Waals surface area contributed by atoms with Gasteiger partial charge in [-0.2, -0.15) is 5.26 Å².